The number of carbonyl (C=O) groups excluding carboxylic acids is 1. The van der Waals surface area contributed by atoms with E-state index in [1.165, 1.54) is 25.3 Å². The molecule has 0 aliphatic carbocycles. The van der Waals surface area contributed by atoms with Gasteiger partial charge in [-0.15, -0.1) is 0 Å². The zero-order valence-electron chi connectivity index (χ0n) is 12.9. The molecule has 8 heteroatoms. The lowest BCUT2D eigenvalue weighted by Gasteiger charge is -2.07. The Bertz CT molecular complexity index is 915. The molecular formula is C17H12BrFN2O3S. The summed E-state index contributed by atoms with van der Waals surface area (Å²) in [6, 6.07) is 9.31. The number of hydrogen-bond acceptors (Lipinski definition) is 5. The van der Waals surface area contributed by atoms with E-state index in [1.54, 1.807) is 24.3 Å². The standard InChI is InChI=1S/C17H12BrFN2O3S/c1-24-13-8-10(18)6-9(15(13)22)7-14-16(23)21-17(25-14)20-12-5-3-2-4-11(12)19/h2-8,22H,1H3,(H,20,21,23)/b14-7-. The fraction of sp³-hybridized carbons (Fsp3) is 0.0588. The minimum absolute atomic E-state index is 0.0777. The van der Waals surface area contributed by atoms with Crippen molar-refractivity contribution in [2.45, 2.75) is 0 Å². The monoisotopic (exact) mass is 422 g/mol. The number of para-hydroxylation sites is 1. The maximum absolute atomic E-state index is 13.7. The van der Waals surface area contributed by atoms with E-state index in [2.05, 4.69) is 26.2 Å². The molecule has 0 aromatic heterocycles. The van der Waals surface area contributed by atoms with E-state index < -0.39 is 5.82 Å². The number of aromatic hydroxyl groups is 1. The van der Waals surface area contributed by atoms with Gasteiger partial charge in [-0.1, -0.05) is 28.1 Å². The van der Waals surface area contributed by atoms with Gasteiger partial charge in [-0.25, -0.2) is 9.38 Å². The summed E-state index contributed by atoms with van der Waals surface area (Å²) in [4.78, 5) is 16.5. The van der Waals surface area contributed by atoms with Crippen LogP contribution in [0.1, 0.15) is 5.56 Å². The number of ether oxygens (including phenoxy) is 1. The Labute approximate surface area is 155 Å². The zero-order valence-corrected chi connectivity index (χ0v) is 15.3. The maximum Gasteiger partial charge on any atom is 0.264 e. The predicted octanol–water partition coefficient (Wildman–Crippen LogP) is 4.19. The van der Waals surface area contributed by atoms with Gasteiger partial charge in [-0.3, -0.25) is 4.79 Å². The number of aliphatic imine (C=N–C) groups is 1. The van der Waals surface area contributed by atoms with Gasteiger partial charge in [-0.2, -0.15) is 0 Å². The Hall–Kier alpha value is -2.32. The van der Waals surface area contributed by atoms with Crippen LogP contribution in [0.2, 0.25) is 0 Å². The van der Waals surface area contributed by atoms with Crippen molar-refractivity contribution in [2.24, 2.45) is 4.99 Å². The lowest BCUT2D eigenvalue weighted by atomic mass is 10.1. The van der Waals surface area contributed by atoms with E-state index in [9.17, 15) is 14.3 Å². The minimum atomic E-state index is -0.475. The van der Waals surface area contributed by atoms with Crippen molar-refractivity contribution in [1.82, 2.24) is 5.32 Å². The number of halogens is 2. The Morgan fingerprint density at radius 3 is 2.84 bits per heavy atom. The van der Waals surface area contributed by atoms with Crippen molar-refractivity contribution in [3.63, 3.8) is 0 Å². The first-order valence-corrected chi connectivity index (χ1v) is 8.69. The van der Waals surface area contributed by atoms with E-state index in [0.717, 1.165) is 11.8 Å². The van der Waals surface area contributed by atoms with Gasteiger partial charge in [0.1, 0.15) is 11.5 Å². The molecule has 5 nitrogen and oxygen atoms in total. The summed E-state index contributed by atoms with van der Waals surface area (Å²) in [7, 11) is 1.44. The molecule has 2 aromatic carbocycles. The molecule has 25 heavy (non-hydrogen) atoms. The van der Waals surface area contributed by atoms with Crippen LogP contribution < -0.4 is 10.1 Å². The molecular weight excluding hydrogens is 411 g/mol. The molecule has 1 fully saturated rings. The Morgan fingerprint density at radius 2 is 2.12 bits per heavy atom. The second-order valence-electron chi connectivity index (χ2n) is 4.98. The quantitative estimate of drug-likeness (QED) is 0.727. The largest absolute Gasteiger partial charge is 0.504 e. The van der Waals surface area contributed by atoms with E-state index in [0.29, 0.717) is 14.9 Å². The van der Waals surface area contributed by atoms with Gasteiger partial charge >= 0.3 is 0 Å². The van der Waals surface area contributed by atoms with Crippen molar-refractivity contribution in [2.75, 3.05) is 7.11 Å². The van der Waals surface area contributed by atoms with E-state index >= 15 is 0 Å². The van der Waals surface area contributed by atoms with Crippen LogP contribution in [0.25, 0.3) is 6.08 Å². The van der Waals surface area contributed by atoms with Crippen LogP contribution in [-0.2, 0) is 4.79 Å². The van der Waals surface area contributed by atoms with Crippen molar-refractivity contribution >= 4 is 50.5 Å². The van der Waals surface area contributed by atoms with Crippen molar-refractivity contribution in [1.29, 1.82) is 0 Å². The van der Waals surface area contributed by atoms with E-state index in [-0.39, 0.29) is 28.3 Å². The third kappa shape index (κ3) is 3.85. The number of hydrogen-bond donors (Lipinski definition) is 2. The zero-order chi connectivity index (χ0) is 18.0. The number of benzene rings is 2. The number of amides is 1. The lowest BCUT2D eigenvalue weighted by molar-refractivity contribution is -0.115. The van der Waals surface area contributed by atoms with Crippen LogP contribution >= 0.6 is 27.7 Å². The number of carbonyl (C=O) groups is 1. The molecule has 0 bridgehead atoms. The van der Waals surface area contributed by atoms with Gasteiger partial charge in [0.05, 0.1) is 12.0 Å². The third-order valence-corrected chi connectivity index (χ3v) is 4.67. The normalized spacial score (nSPS) is 17.2. The molecule has 2 N–H and O–H groups in total. The summed E-state index contributed by atoms with van der Waals surface area (Å²) >= 11 is 4.39. The molecule has 0 spiro atoms. The molecule has 0 atom stereocenters. The summed E-state index contributed by atoms with van der Waals surface area (Å²) in [5, 5.41) is 13.0. The fourth-order valence-corrected chi connectivity index (χ4v) is 3.41. The first-order valence-electron chi connectivity index (χ1n) is 7.08. The number of phenols is 1. The molecule has 1 heterocycles. The van der Waals surface area contributed by atoms with E-state index in [4.69, 9.17) is 4.74 Å². The number of phenolic OH excluding ortho intramolecular Hbond substituents is 1. The number of amidine groups is 1. The SMILES string of the molecule is COc1cc(Br)cc(/C=C2\SC(=Nc3ccccc3F)NC2=O)c1O. The second kappa shape index (κ2) is 7.28. The third-order valence-electron chi connectivity index (χ3n) is 3.30. The Morgan fingerprint density at radius 1 is 1.36 bits per heavy atom. The average molecular weight is 423 g/mol. The Kier molecular flexibility index (Phi) is 5.10. The number of methoxy groups -OCH3 is 1. The smallest absolute Gasteiger partial charge is 0.264 e. The van der Waals surface area contributed by atoms with Gasteiger partial charge in [0.2, 0.25) is 0 Å². The van der Waals surface area contributed by atoms with Crippen LogP contribution in [0.3, 0.4) is 0 Å². The highest BCUT2D eigenvalue weighted by Crippen LogP contribution is 2.37. The molecule has 1 amide bonds. The Balaban J connectivity index is 1.93. The van der Waals surface area contributed by atoms with Crippen LogP contribution in [0.5, 0.6) is 11.5 Å². The molecule has 0 radical (unpaired) electrons. The first kappa shape index (κ1) is 17.5. The van der Waals surface area contributed by atoms with Crippen LogP contribution in [-0.4, -0.2) is 23.3 Å². The molecule has 2 aromatic rings. The van der Waals surface area contributed by atoms with Crippen LogP contribution in [0.4, 0.5) is 10.1 Å². The molecule has 128 valence electrons. The van der Waals surface area contributed by atoms with Crippen LogP contribution in [0.15, 0.2) is 50.8 Å². The molecule has 1 aliphatic heterocycles. The van der Waals surface area contributed by atoms with Gasteiger partial charge in [-0.05, 0) is 42.1 Å². The number of nitrogens with one attached hydrogen (secondary N) is 1. The number of thioether (sulfide) groups is 1. The minimum Gasteiger partial charge on any atom is -0.504 e. The highest BCUT2D eigenvalue weighted by atomic mass is 79.9. The van der Waals surface area contributed by atoms with Crippen LogP contribution in [0, 0.1) is 5.82 Å². The van der Waals surface area contributed by atoms with E-state index in [1.807, 2.05) is 0 Å². The topological polar surface area (TPSA) is 70.9 Å². The summed E-state index contributed by atoms with van der Waals surface area (Å²) in [5.41, 5.74) is 0.550. The summed E-state index contributed by atoms with van der Waals surface area (Å²) in [6.45, 7) is 0. The molecule has 1 saturated heterocycles. The maximum atomic E-state index is 13.7. The first-order chi connectivity index (χ1) is 12.0. The van der Waals surface area contributed by atoms with Gasteiger partial charge < -0.3 is 15.2 Å². The summed E-state index contributed by atoms with van der Waals surface area (Å²) in [6.07, 6.45) is 1.52. The molecule has 0 saturated carbocycles. The highest BCUT2D eigenvalue weighted by Gasteiger charge is 2.25. The summed E-state index contributed by atoms with van der Waals surface area (Å²) in [5.74, 6) is -0.647. The van der Waals surface area contributed by atoms with Crippen molar-refractivity contribution in [3.8, 4) is 11.5 Å². The number of rotatable bonds is 3. The van der Waals surface area contributed by atoms with Crippen molar-refractivity contribution in [3.05, 3.63) is 57.2 Å². The molecule has 0 unspecified atom stereocenters. The number of nitrogens with zero attached hydrogens (tertiary/aromatic N) is 1. The van der Waals surface area contributed by atoms with Crippen molar-refractivity contribution < 1.29 is 19.0 Å². The summed E-state index contributed by atoms with van der Waals surface area (Å²) < 4.78 is 19.5. The van der Waals surface area contributed by atoms with Gasteiger partial charge in [0.15, 0.2) is 16.7 Å². The predicted molar refractivity (Wildman–Crippen MR) is 99.6 cm³/mol. The molecule has 1 aliphatic rings. The average Bonchev–Trinajstić information content (AvgIpc) is 2.92. The highest BCUT2D eigenvalue weighted by molar-refractivity contribution is 9.10. The fourth-order valence-electron chi connectivity index (χ4n) is 2.13. The van der Waals surface area contributed by atoms with Gasteiger partial charge in [0, 0.05) is 10.0 Å². The molecule has 3 rings (SSSR count). The second-order valence-corrected chi connectivity index (χ2v) is 6.93. The van der Waals surface area contributed by atoms with Gasteiger partial charge in [0.25, 0.3) is 5.91 Å². The lowest BCUT2D eigenvalue weighted by Crippen LogP contribution is -2.19.